The van der Waals surface area contributed by atoms with Crippen LogP contribution in [0.1, 0.15) is 25.2 Å². The average molecular weight is 361 g/mol. The highest BCUT2D eigenvalue weighted by Gasteiger charge is 2.08. The van der Waals surface area contributed by atoms with Crippen LogP contribution >= 0.6 is 0 Å². The average Bonchev–Trinajstić information content (AvgIpc) is 3.08. The lowest BCUT2D eigenvalue weighted by atomic mass is 10.1. The van der Waals surface area contributed by atoms with Crippen molar-refractivity contribution in [2.75, 3.05) is 6.61 Å². The lowest BCUT2D eigenvalue weighted by molar-refractivity contribution is -0.149. The maximum atomic E-state index is 11.5. The van der Waals surface area contributed by atoms with Crippen LogP contribution in [0.4, 0.5) is 0 Å². The van der Waals surface area contributed by atoms with Crippen molar-refractivity contribution in [3.63, 3.8) is 0 Å². The maximum absolute atomic E-state index is 11.5. The van der Waals surface area contributed by atoms with Gasteiger partial charge in [-0.05, 0) is 49.8 Å². The molecule has 1 aromatic heterocycles. The number of nitrogens with one attached hydrogen (secondary N) is 1. The minimum atomic E-state index is -0.411. The van der Waals surface area contributed by atoms with Crippen molar-refractivity contribution in [3.8, 4) is 11.8 Å². The first-order valence-electron chi connectivity index (χ1n) is 8.54. The molecule has 3 aromatic rings. The summed E-state index contributed by atoms with van der Waals surface area (Å²) in [5, 5.41) is 9.48. The normalized spacial score (nSPS) is 11.4. The highest BCUT2D eigenvalue weighted by molar-refractivity contribution is 5.90. The Morgan fingerprint density at radius 1 is 1.22 bits per heavy atom. The zero-order valence-corrected chi connectivity index (χ0v) is 15.1. The van der Waals surface area contributed by atoms with Crippen LogP contribution < -0.4 is 4.74 Å². The van der Waals surface area contributed by atoms with Gasteiger partial charge in [-0.1, -0.05) is 24.3 Å². The number of carbonyl (C=O) groups excluding carboxylic acids is 1. The van der Waals surface area contributed by atoms with E-state index in [0.717, 1.165) is 16.6 Å². The third-order valence-electron chi connectivity index (χ3n) is 3.68. The van der Waals surface area contributed by atoms with Crippen LogP contribution in [0.25, 0.3) is 22.7 Å². The molecule has 1 heterocycles. The van der Waals surface area contributed by atoms with Gasteiger partial charge in [0.25, 0.3) is 0 Å². The third kappa shape index (κ3) is 4.73. The highest BCUT2D eigenvalue weighted by Crippen LogP contribution is 2.20. The molecule has 0 spiro atoms. The van der Waals surface area contributed by atoms with Crippen LogP contribution in [0, 0.1) is 11.3 Å². The van der Waals surface area contributed by atoms with E-state index >= 15 is 0 Å². The molecule has 136 valence electrons. The first kappa shape index (κ1) is 18.2. The molecule has 3 rings (SSSR count). The summed E-state index contributed by atoms with van der Waals surface area (Å²) in [6.07, 6.45) is 1.57. The first-order chi connectivity index (χ1) is 13.0. The van der Waals surface area contributed by atoms with Crippen molar-refractivity contribution < 1.29 is 14.3 Å². The van der Waals surface area contributed by atoms with Crippen molar-refractivity contribution in [1.29, 1.82) is 5.26 Å². The lowest BCUT2D eigenvalue weighted by Gasteiger charge is -2.09. The topological polar surface area (TPSA) is 88.0 Å². The Bertz CT molecular complexity index is 978. The van der Waals surface area contributed by atoms with Crippen LogP contribution in [-0.2, 0) is 9.53 Å². The number of para-hydroxylation sites is 2. The molecule has 0 fully saturated rings. The number of benzene rings is 2. The second-order valence-corrected chi connectivity index (χ2v) is 6.17. The van der Waals surface area contributed by atoms with Crippen molar-refractivity contribution in [2.45, 2.75) is 20.0 Å². The molecular weight excluding hydrogens is 342 g/mol. The van der Waals surface area contributed by atoms with E-state index in [2.05, 4.69) is 16.0 Å². The standard InChI is InChI=1S/C21H19N3O3/c1-14(2)27-20(25)13-26-17-9-7-15(8-10-17)11-16(12-22)21-23-18-5-3-4-6-19(18)24-21/h3-11,14H,13H2,1-2H3,(H,23,24)/b16-11-. The molecule has 0 aliphatic rings. The number of ether oxygens (including phenoxy) is 2. The highest BCUT2D eigenvalue weighted by atomic mass is 16.6. The van der Waals surface area contributed by atoms with Gasteiger partial charge in [0.2, 0.25) is 0 Å². The number of fused-ring (bicyclic) bond motifs is 1. The number of hydrogen-bond acceptors (Lipinski definition) is 5. The third-order valence-corrected chi connectivity index (χ3v) is 3.68. The van der Waals surface area contributed by atoms with Gasteiger partial charge >= 0.3 is 5.97 Å². The van der Waals surface area contributed by atoms with E-state index < -0.39 is 5.97 Å². The van der Waals surface area contributed by atoms with Gasteiger partial charge in [-0.2, -0.15) is 5.26 Å². The maximum Gasteiger partial charge on any atom is 0.344 e. The lowest BCUT2D eigenvalue weighted by Crippen LogP contribution is -2.18. The Labute approximate surface area is 157 Å². The van der Waals surface area contributed by atoms with Crippen molar-refractivity contribution in [3.05, 3.63) is 59.9 Å². The van der Waals surface area contributed by atoms with Crippen molar-refractivity contribution in [1.82, 2.24) is 9.97 Å². The molecule has 1 N–H and O–H groups in total. The zero-order chi connectivity index (χ0) is 19.2. The Kier molecular flexibility index (Phi) is 5.53. The summed E-state index contributed by atoms with van der Waals surface area (Å²) < 4.78 is 10.4. The number of H-pyrrole nitrogens is 1. The number of aromatic amines is 1. The van der Waals surface area contributed by atoms with Crippen LogP contribution in [0.3, 0.4) is 0 Å². The number of nitriles is 1. The molecule has 0 aliphatic heterocycles. The Hall–Kier alpha value is -3.59. The molecule has 0 aliphatic carbocycles. The van der Waals surface area contributed by atoms with E-state index in [-0.39, 0.29) is 12.7 Å². The number of nitrogens with zero attached hydrogens (tertiary/aromatic N) is 2. The minimum Gasteiger partial charge on any atom is -0.482 e. The fourth-order valence-electron chi connectivity index (χ4n) is 2.50. The predicted molar refractivity (Wildman–Crippen MR) is 103 cm³/mol. The van der Waals surface area contributed by atoms with Gasteiger partial charge in [0, 0.05) is 0 Å². The molecule has 2 aromatic carbocycles. The van der Waals surface area contributed by atoms with E-state index in [9.17, 15) is 10.1 Å². The summed E-state index contributed by atoms with van der Waals surface area (Å²) in [7, 11) is 0. The number of carbonyl (C=O) groups is 1. The van der Waals surface area contributed by atoms with Gasteiger partial charge < -0.3 is 14.5 Å². The summed E-state index contributed by atoms with van der Waals surface area (Å²) in [6.45, 7) is 3.43. The van der Waals surface area contributed by atoms with Gasteiger partial charge in [0.05, 0.1) is 22.7 Å². The second kappa shape index (κ2) is 8.19. The number of allylic oxidation sites excluding steroid dienone is 1. The van der Waals surface area contributed by atoms with Crippen LogP contribution in [0.5, 0.6) is 5.75 Å². The smallest absolute Gasteiger partial charge is 0.344 e. The molecule has 0 atom stereocenters. The molecule has 0 saturated heterocycles. The minimum absolute atomic E-state index is 0.143. The fraction of sp³-hybridized carbons (Fsp3) is 0.190. The number of aromatic nitrogens is 2. The van der Waals surface area contributed by atoms with Gasteiger partial charge in [0.1, 0.15) is 17.6 Å². The largest absolute Gasteiger partial charge is 0.482 e. The van der Waals surface area contributed by atoms with Crippen LogP contribution in [0.2, 0.25) is 0 Å². The van der Waals surface area contributed by atoms with Crippen LogP contribution in [-0.4, -0.2) is 28.6 Å². The van der Waals surface area contributed by atoms with Gasteiger partial charge in [0.15, 0.2) is 6.61 Å². The Morgan fingerprint density at radius 2 is 1.96 bits per heavy atom. The zero-order valence-electron chi connectivity index (χ0n) is 15.1. The summed E-state index contributed by atoms with van der Waals surface area (Å²) in [4.78, 5) is 19.1. The number of rotatable bonds is 6. The SMILES string of the molecule is CC(C)OC(=O)COc1ccc(/C=C(/C#N)c2nc3ccccc3[nH]2)cc1. The number of hydrogen-bond donors (Lipinski definition) is 1. The molecule has 27 heavy (non-hydrogen) atoms. The summed E-state index contributed by atoms with van der Waals surface area (Å²) in [5.74, 6) is 0.663. The van der Waals surface area contributed by atoms with Crippen LogP contribution in [0.15, 0.2) is 48.5 Å². The Balaban J connectivity index is 1.72. The molecule has 6 nitrogen and oxygen atoms in total. The van der Waals surface area contributed by atoms with Gasteiger partial charge in [-0.15, -0.1) is 0 Å². The number of esters is 1. The summed E-state index contributed by atoms with van der Waals surface area (Å²) in [5.41, 5.74) is 2.95. The fourth-order valence-corrected chi connectivity index (χ4v) is 2.50. The molecule has 0 radical (unpaired) electrons. The van der Waals surface area contributed by atoms with Gasteiger partial charge in [-0.25, -0.2) is 9.78 Å². The van der Waals surface area contributed by atoms with Gasteiger partial charge in [-0.3, -0.25) is 0 Å². The summed E-state index contributed by atoms with van der Waals surface area (Å²) in [6, 6.07) is 16.9. The molecule has 0 amide bonds. The molecule has 0 saturated carbocycles. The summed E-state index contributed by atoms with van der Waals surface area (Å²) >= 11 is 0. The molecule has 0 unspecified atom stereocenters. The van der Waals surface area contributed by atoms with E-state index in [0.29, 0.717) is 17.1 Å². The Morgan fingerprint density at radius 3 is 2.63 bits per heavy atom. The molecule has 6 heteroatoms. The van der Waals surface area contributed by atoms with Crippen molar-refractivity contribution >= 4 is 28.7 Å². The van der Waals surface area contributed by atoms with E-state index in [1.165, 1.54) is 0 Å². The molecule has 0 bridgehead atoms. The second-order valence-electron chi connectivity index (χ2n) is 6.17. The first-order valence-corrected chi connectivity index (χ1v) is 8.54. The van der Waals surface area contributed by atoms with E-state index in [4.69, 9.17) is 9.47 Å². The predicted octanol–water partition coefficient (Wildman–Crippen LogP) is 3.96. The number of imidazole rings is 1. The monoisotopic (exact) mass is 361 g/mol. The quantitative estimate of drug-likeness (QED) is 0.530. The van der Waals surface area contributed by atoms with Crippen molar-refractivity contribution in [2.24, 2.45) is 0 Å². The van der Waals surface area contributed by atoms with E-state index in [1.807, 2.05) is 36.4 Å². The van der Waals surface area contributed by atoms with E-state index in [1.54, 1.807) is 32.1 Å². The molecular formula is C21H19N3O3.